The molecule has 0 fully saturated rings. The van der Waals surface area contributed by atoms with Crippen molar-refractivity contribution < 1.29 is 9.47 Å². The van der Waals surface area contributed by atoms with Crippen LogP contribution in [0.1, 0.15) is 24.2 Å². The Balaban J connectivity index is 2.45. The number of aromatic nitrogens is 1. The summed E-state index contributed by atoms with van der Waals surface area (Å²) in [5, 5.41) is 9.28. The van der Waals surface area contributed by atoms with Crippen LogP contribution in [0.5, 0.6) is 5.88 Å². The highest BCUT2D eigenvalue weighted by molar-refractivity contribution is 5.72. The molecule has 20 heavy (non-hydrogen) atoms. The molecule has 0 unspecified atom stereocenters. The Labute approximate surface area is 118 Å². The van der Waals surface area contributed by atoms with E-state index in [9.17, 15) is 5.26 Å². The molecule has 0 N–H and O–H groups in total. The Hall–Kier alpha value is -2.38. The Morgan fingerprint density at radius 2 is 1.85 bits per heavy atom. The lowest BCUT2D eigenvalue weighted by atomic mass is 9.99. The highest BCUT2D eigenvalue weighted by Crippen LogP contribution is 2.29. The lowest BCUT2D eigenvalue weighted by molar-refractivity contribution is 0.119. The minimum atomic E-state index is 0.0477. The molecule has 1 atom stereocenters. The van der Waals surface area contributed by atoms with Gasteiger partial charge >= 0.3 is 0 Å². The van der Waals surface area contributed by atoms with Crippen molar-refractivity contribution in [3.8, 4) is 23.1 Å². The third-order valence-electron chi connectivity index (χ3n) is 3.27. The molecule has 0 aliphatic carbocycles. The third-order valence-corrected chi connectivity index (χ3v) is 3.27. The molecule has 1 aromatic carbocycles. The second-order valence-electron chi connectivity index (χ2n) is 4.35. The van der Waals surface area contributed by atoms with Crippen molar-refractivity contribution in [2.24, 2.45) is 0 Å². The van der Waals surface area contributed by atoms with Crippen LogP contribution in [0.15, 0.2) is 36.5 Å². The van der Waals surface area contributed by atoms with Crippen molar-refractivity contribution in [3.63, 3.8) is 0 Å². The summed E-state index contributed by atoms with van der Waals surface area (Å²) < 4.78 is 10.4. The molecule has 2 aromatic rings. The Morgan fingerprint density at radius 1 is 1.15 bits per heavy atom. The molecule has 4 heteroatoms. The van der Waals surface area contributed by atoms with E-state index in [1.165, 1.54) is 7.11 Å². The molecule has 102 valence electrons. The maximum absolute atomic E-state index is 9.28. The number of hydrogen-bond donors (Lipinski definition) is 0. The van der Waals surface area contributed by atoms with E-state index in [1.807, 2.05) is 37.3 Å². The van der Waals surface area contributed by atoms with Crippen LogP contribution < -0.4 is 4.74 Å². The van der Waals surface area contributed by atoms with Crippen molar-refractivity contribution in [2.75, 3.05) is 14.2 Å². The fourth-order valence-electron chi connectivity index (χ4n) is 2.02. The molecule has 0 bridgehead atoms. The van der Waals surface area contributed by atoms with Crippen LogP contribution >= 0.6 is 0 Å². The third kappa shape index (κ3) is 2.63. The average Bonchev–Trinajstić information content (AvgIpc) is 2.53. The topological polar surface area (TPSA) is 55.1 Å². The van der Waals surface area contributed by atoms with E-state index in [0.29, 0.717) is 11.4 Å². The largest absolute Gasteiger partial charge is 0.480 e. The molecule has 0 radical (unpaired) electrons. The molecule has 0 saturated carbocycles. The molecule has 0 saturated heterocycles. The van der Waals surface area contributed by atoms with E-state index in [2.05, 4.69) is 11.1 Å². The van der Waals surface area contributed by atoms with Gasteiger partial charge in [-0.2, -0.15) is 5.26 Å². The molecular formula is C16H16N2O2. The van der Waals surface area contributed by atoms with Crippen molar-refractivity contribution in [1.29, 1.82) is 5.26 Å². The smallest absolute Gasteiger partial charge is 0.232 e. The van der Waals surface area contributed by atoms with Gasteiger partial charge < -0.3 is 9.47 Å². The van der Waals surface area contributed by atoms with E-state index < -0.39 is 0 Å². The number of methoxy groups -OCH3 is 2. The molecule has 1 aromatic heterocycles. The van der Waals surface area contributed by atoms with Gasteiger partial charge in [0.05, 0.1) is 13.2 Å². The van der Waals surface area contributed by atoms with Gasteiger partial charge in [0.15, 0.2) is 0 Å². The number of rotatable bonds is 4. The van der Waals surface area contributed by atoms with Crippen LogP contribution in [0.4, 0.5) is 0 Å². The van der Waals surface area contributed by atoms with Gasteiger partial charge in [0.2, 0.25) is 5.88 Å². The Morgan fingerprint density at radius 3 is 2.40 bits per heavy atom. The van der Waals surface area contributed by atoms with Crippen LogP contribution in [-0.4, -0.2) is 19.2 Å². The predicted molar refractivity (Wildman–Crippen MR) is 76.4 cm³/mol. The van der Waals surface area contributed by atoms with Crippen molar-refractivity contribution in [1.82, 2.24) is 4.98 Å². The van der Waals surface area contributed by atoms with Crippen LogP contribution in [0.3, 0.4) is 0 Å². The molecule has 4 nitrogen and oxygen atoms in total. The fourth-order valence-corrected chi connectivity index (χ4v) is 2.02. The lowest BCUT2D eigenvalue weighted by Crippen LogP contribution is -1.96. The van der Waals surface area contributed by atoms with Crippen molar-refractivity contribution >= 4 is 0 Å². The van der Waals surface area contributed by atoms with Crippen LogP contribution in [0.25, 0.3) is 11.1 Å². The van der Waals surface area contributed by atoms with E-state index in [-0.39, 0.29) is 6.10 Å². The summed E-state index contributed by atoms with van der Waals surface area (Å²) in [6, 6.07) is 11.9. The monoisotopic (exact) mass is 268 g/mol. The predicted octanol–water partition coefficient (Wildman–Crippen LogP) is 3.34. The summed E-state index contributed by atoms with van der Waals surface area (Å²) in [6.45, 7) is 1.99. The lowest BCUT2D eigenvalue weighted by Gasteiger charge is -2.11. The van der Waals surface area contributed by atoms with Gasteiger partial charge in [-0.1, -0.05) is 24.3 Å². The SMILES string of the molecule is COc1nccc(-c2ccc([C@H](C)OC)cc2)c1C#N. The van der Waals surface area contributed by atoms with Gasteiger partial charge in [-0.3, -0.25) is 0 Å². The molecule has 0 aliphatic heterocycles. The number of nitrogens with zero attached hydrogens (tertiary/aromatic N) is 2. The first-order valence-electron chi connectivity index (χ1n) is 6.27. The standard InChI is InChI=1S/C16H16N2O2/c1-11(19-2)12-4-6-13(7-5-12)14-8-9-18-16(20-3)15(14)10-17/h4-9,11H,1-3H3/t11-/m0/s1. The maximum Gasteiger partial charge on any atom is 0.232 e. The summed E-state index contributed by atoms with van der Waals surface area (Å²) >= 11 is 0. The Bertz CT molecular complexity index is 630. The number of hydrogen-bond acceptors (Lipinski definition) is 4. The highest BCUT2D eigenvalue weighted by atomic mass is 16.5. The normalized spacial score (nSPS) is 11.7. The van der Waals surface area contributed by atoms with Gasteiger partial charge in [-0.25, -0.2) is 4.98 Å². The number of ether oxygens (including phenoxy) is 2. The summed E-state index contributed by atoms with van der Waals surface area (Å²) in [4.78, 5) is 4.05. The average molecular weight is 268 g/mol. The summed E-state index contributed by atoms with van der Waals surface area (Å²) in [7, 11) is 3.19. The summed E-state index contributed by atoms with van der Waals surface area (Å²) in [5.74, 6) is 0.347. The van der Waals surface area contributed by atoms with E-state index in [1.54, 1.807) is 13.3 Å². The molecular weight excluding hydrogens is 252 g/mol. The highest BCUT2D eigenvalue weighted by Gasteiger charge is 2.12. The Kier molecular flexibility index (Phi) is 4.34. The fraction of sp³-hybridized carbons (Fsp3) is 0.250. The summed E-state index contributed by atoms with van der Waals surface area (Å²) in [5.41, 5.74) is 3.31. The van der Waals surface area contributed by atoms with Crippen molar-refractivity contribution in [3.05, 3.63) is 47.7 Å². The molecule has 0 spiro atoms. The zero-order valence-electron chi connectivity index (χ0n) is 11.8. The van der Waals surface area contributed by atoms with E-state index >= 15 is 0 Å². The first kappa shape index (κ1) is 14.0. The van der Waals surface area contributed by atoms with Gasteiger partial charge in [-0.05, 0) is 24.1 Å². The van der Waals surface area contributed by atoms with Gasteiger partial charge in [-0.15, -0.1) is 0 Å². The zero-order chi connectivity index (χ0) is 14.5. The minimum Gasteiger partial charge on any atom is -0.480 e. The number of pyridine rings is 1. The first-order valence-corrected chi connectivity index (χ1v) is 6.27. The van der Waals surface area contributed by atoms with Gasteiger partial charge in [0.1, 0.15) is 11.6 Å². The first-order chi connectivity index (χ1) is 9.71. The molecule has 2 rings (SSSR count). The van der Waals surface area contributed by atoms with E-state index in [0.717, 1.165) is 16.7 Å². The summed E-state index contributed by atoms with van der Waals surface area (Å²) in [6.07, 6.45) is 1.69. The van der Waals surface area contributed by atoms with Gasteiger partial charge in [0.25, 0.3) is 0 Å². The quantitative estimate of drug-likeness (QED) is 0.853. The van der Waals surface area contributed by atoms with Crippen molar-refractivity contribution in [2.45, 2.75) is 13.0 Å². The zero-order valence-corrected chi connectivity index (χ0v) is 11.8. The van der Waals surface area contributed by atoms with Crippen LogP contribution in [0, 0.1) is 11.3 Å². The minimum absolute atomic E-state index is 0.0477. The van der Waals surface area contributed by atoms with E-state index in [4.69, 9.17) is 9.47 Å². The van der Waals surface area contributed by atoms with Crippen LogP contribution in [-0.2, 0) is 4.74 Å². The number of benzene rings is 1. The molecule has 1 heterocycles. The second kappa shape index (κ2) is 6.18. The second-order valence-corrected chi connectivity index (χ2v) is 4.35. The maximum atomic E-state index is 9.28. The van der Waals surface area contributed by atoms with Crippen LogP contribution in [0.2, 0.25) is 0 Å². The molecule has 0 aliphatic rings. The number of nitriles is 1. The van der Waals surface area contributed by atoms with Gasteiger partial charge in [0, 0.05) is 18.9 Å². The molecule has 0 amide bonds.